The highest BCUT2D eigenvalue weighted by Crippen LogP contribution is 2.27. The van der Waals surface area contributed by atoms with Crippen LogP contribution in [-0.2, 0) is 13.1 Å². The molecule has 0 aliphatic rings. The Morgan fingerprint density at radius 1 is 1.19 bits per heavy atom. The standard InChI is InChI=1S/C20H19N3O3/c1-4-11-23-16-8-6-5-7-15(16)22-19(23)13-21-20(24)14-9-10-17(25-2)18(12-14)26-3/h1,5-10,12H,11,13H2,2-3H3,(H,21,24). The van der Waals surface area contributed by atoms with E-state index in [1.54, 1.807) is 25.3 Å². The maximum Gasteiger partial charge on any atom is 0.251 e. The number of aromatic nitrogens is 2. The number of hydrogen-bond acceptors (Lipinski definition) is 4. The molecular weight excluding hydrogens is 330 g/mol. The van der Waals surface area contributed by atoms with Crippen molar-refractivity contribution in [2.24, 2.45) is 0 Å². The quantitative estimate of drug-likeness (QED) is 0.695. The number of amides is 1. The summed E-state index contributed by atoms with van der Waals surface area (Å²) in [5.41, 5.74) is 2.26. The number of para-hydroxylation sites is 2. The normalized spacial score (nSPS) is 10.3. The molecule has 1 amide bonds. The Morgan fingerprint density at radius 2 is 1.96 bits per heavy atom. The first-order valence-corrected chi connectivity index (χ1v) is 8.05. The zero-order chi connectivity index (χ0) is 18.5. The summed E-state index contributed by atoms with van der Waals surface area (Å²) in [5.74, 6) is 4.17. The Balaban J connectivity index is 1.81. The van der Waals surface area contributed by atoms with Crippen LogP contribution < -0.4 is 14.8 Å². The van der Waals surface area contributed by atoms with E-state index < -0.39 is 0 Å². The number of ether oxygens (including phenoxy) is 2. The van der Waals surface area contributed by atoms with E-state index in [1.807, 2.05) is 28.8 Å². The Bertz CT molecular complexity index is 986. The van der Waals surface area contributed by atoms with Crippen LogP contribution in [0.5, 0.6) is 11.5 Å². The third-order valence-electron chi connectivity index (χ3n) is 4.04. The molecule has 6 heteroatoms. The van der Waals surface area contributed by atoms with Gasteiger partial charge in [-0.2, -0.15) is 0 Å². The molecule has 2 aromatic carbocycles. The van der Waals surface area contributed by atoms with Crippen molar-refractivity contribution in [1.82, 2.24) is 14.9 Å². The molecular formula is C20H19N3O3. The van der Waals surface area contributed by atoms with Gasteiger partial charge in [-0.05, 0) is 30.3 Å². The molecule has 0 saturated heterocycles. The second kappa shape index (κ2) is 7.62. The van der Waals surface area contributed by atoms with Gasteiger partial charge in [0, 0.05) is 5.56 Å². The molecule has 132 valence electrons. The summed E-state index contributed by atoms with van der Waals surface area (Å²) in [6.45, 7) is 0.658. The summed E-state index contributed by atoms with van der Waals surface area (Å²) in [5, 5.41) is 2.88. The van der Waals surface area contributed by atoms with Gasteiger partial charge in [0.1, 0.15) is 5.82 Å². The highest BCUT2D eigenvalue weighted by Gasteiger charge is 2.13. The minimum absolute atomic E-state index is 0.231. The van der Waals surface area contributed by atoms with Gasteiger partial charge in [-0.15, -0.1) is 6.42 Å². The van der Waals surface area contributed by atoms with Crippen molar-refractivity contribution in [3.8, 4) is 23.8 Å². The zero-order valence-corrected chi connectivity index (χ0v) is 14.7. The van der Waals surface area contributed by atoms with Gasteiger partial charge in [-0.1, -0.05) is 18.1 Å². The number of nitrogens with zero attached hydrogens (tertiary/aromatic N) is 2. The molecule has 0 bridgehead atoms. The predicted octanol–water partition coefficient (Wildman–Crippen LogP) is 2.62. The zero-order valence-electron chi connectivity index (χ0n) is 14.7. The lowest BCUT2D eigenvalue weighted by Crippen LogP contribution is -2.24. The molecule has 0 aliphatic carbocycles. The second-order valence-electron chi connectivity index (χ2n) is 5.56. The molecule has 0 spiro atoms. The van der Waals surface area contributed by atoms with Gasteiger partial charge in [0.05, 0.1) is 38.3 Å². The molecule has 6 nitrogen and oxygen atoms in total. The molecule has 1 aromatic heterocycles. The number of fused-ring (bicyclic) bond motifs is 1. The third kappa shape index (κ3) is 3.33. The maximum absolute atomic E-state index is 12.5. The Hall–Kier alpha value is -3.46. The van der Waals surface area contributed by atoms with E-state index in [9.17, 15) is 4.79 Å². The molecule has 26 heavy (non-hydrogen) atoms. The molecule has 0 radical (unpaired) electrons. The minimum Gasteiger partial charge on any atom is -0.493 e. The first kappa shape index (κ1) is 17.4. The van der Waals surface area contributed by atoms with Crippen molar-refractivity contribution < 1.29 is 14.3 Å². The van der Waals surface area contributed by atoms with Gasteiger partial charge in [-0.25, -0.2) is 4.98 Å². The van der Waals surface area contributed by atoms with E-state index in [0.29, 0.717) is 29.4 Å². The van der Waals surface area contributed by atoms with E-state index in [2.05, 4.69) is 16.2 Å². The number of rotatable bonds is 6. The lowest BCUT2D eigenvalue weighted by atomic mass is 10.2. The number of benzene rings is 2. The van der Waals surface area contributed by atoms with Gasteiger partial charge in [0.25, 0.3) is 5.91 Å². The number of methoxy groups -OCH3 is 2. The Labute approximate surface area is 151 Å². The van der Waals surface area contributed by atoms with Crippen molar-refractivity contribution in [1.29, 1.82) is 0 Å². The average molecular weight is 349 g/mol. The van der Waals surface area contributed by atoms with Crippen LogP contribution in [0.15, 0.2) is 42.5 Å². The van der Waals surface area contributed by atoms with Crippen LogP contribution in [0.1, 0.15) is 16.2 Å². The number of carbonyl (C=O) groups excluding carboxylic acids is 1. The predicted molar refractivity (Wildman–Crippen MR) is 99.3 cm³/mol. The largest absolute Gasteiger partial charge is 0.493 e. The molecule has 1 N–H and O–H groups in total. The minimum atomic E-state index is -0.231. The van der Waals surface area contributed by atoms with Crippen molar-refractivity contribution >= 4 is 16.9 Å². The van der Waals surface area contributed by atoms with Crippen LogP contribution in [0.25, 0.3) is 11.0 Å². The molecule has 3 rings (SSSR count). The highest BCUT2D eigenvalue weighted by atomic mass is 16.5. The van der Waals surface area contributed by atoms with Gasteiger partial charge in [-0.3, -0.25) is 4.79 Å². The van der Waals surface area contributed by atoms with Crippen LogP contribution in [0.2, 0.25) is 0 Å². The average Bonchev–Trinajstić information content (AvgIpc) is 3.03. The topological polar surface area (TPSA) is 65.4 Å². The molecule has 0 saturated carbocycles. The van der Waals surface area contributed by atoms with Gasteiger partial charge in [0.15, 0.2) is 11.5 Å². The second-order valence-corrected chi connectivity index (χ2v) is 5.56. The van der Waals surface area contributed by atoms with Crippen LogP contribution in [0.3, 0.4) is 0 Å². The molecule has 1 heterocycles. The first-order valence-electron chi connectivity index (χ1n) is 8.05. The van der Waals surface area contributed by atoms with Crippen molar-refractivity contribution in [3.05, 3.63) is 53.9 Å². The number of hydrogen-bond donors (Lipinski definition) is 1. The highest BCUT2D eigenvalue weighted by molar-refractivity contribution is 5.94. The summed E-state index contributed by atoms with van der Waals surface area (Å²) in [6, 6.07) is 12.7. The van der Waals surface area contributed by atoms with Gasteiger partial charge >= 0.3 is 0 Å². The molecule has 0 aliphatic heterocycles. The summed E-state index contributed by atoms with van der Waals surface area (Å²) in [6.07, 6.45) is 5.47. The molecule has 3 aromatic rings. The van der Waals surface area contributed by atoms with Crippen LogP contribution in [0, 0.1) is 12.3 Å². The molecule has 0 atom stereocenters. The summed E-state index contributed by atoms with van der Waals surface area (Å²) >= 11 is 0. The number of terminal acetylenes is 1. The van der Waals surface area contributed by atoms with Gasteiger partial charge in [0.2, 0.25) is 0 Å². The SMILES string of the molecule is C#CCn1c(CNC(=O)c2ccc(OC)c(OC)c2)nc2ccccc21. The van der Waals surface area contributed by atoms with Crippen molar-refractivity contribution in [2.45, 2.75) is 13.1 Å². The fraction of sp³-hybridized carbons (Fsp3) is 0.200. The van der Waals surface area contributed by atoms with E-state index in [-0.39, 0.29) is 12.5 Å². The number of nitrogens with one attached hydrogen (secondary N) is 1. The number of carbonyl (C=O) groups is 1. The molecule has 0 fully saturated rings. The van der Waals surface area contributed by atoms with E-state index >= 15 is 0 Å². The Kier molecular flexibility index (Phi) is 5.09. The van der Waals surface area contributed by atoms with Crippen LogP contribution in [0.4, 0.5) is 0 Å². The first-order chi connectivity index (χ1) is 12.7. The van der Waals surface area contributed by atoms with E-state index in [1.165, 1.54) is 7.11 Å². The fourth-order valence-corrected chi connectivity index (χ4v) is 2.77. The van der Waals surface area contributed by atoms with Crippen molar-refractivity contribution in [3.63, 3.8) is 0 Å². The summed E-state index contributed by atoms with van der Waals surface area (Å²) in [4.78, 5) is 17.1. The van der Waals surface area contributed by atoms with Crippen LogP contribution in [-0.4, -0.2) is 29.7 Å². The van der Waals surface area contributed by atoms with E-state index in [4.69, 9.17) is 15.9 Å². The summed E-state index contributed by atoms with van der Waals surface area (Å²) < 4.78 is 12.3. The fourth-order valence-electron chi connectivity index (χ4n) is 2.77. The third-order valence-corrected chi connectivity index (χ3v) is 4.04. The lowest BCUT2D eigenvalue weighted by molar-refractivity contribution is 0.0949. The smallest absolute Gasteiger partial charge is 0.251 e. The monoisotopic (exact) mass is 349 g/mol. The van der Waals surface area contributed by atoms with Crippen LogP contribution >= 0.6 is 0 Å². The van der Waals surface area contributed by atoms with Crippen molar-refractivity contribution in [2.75, 3.05) is 14.2 Å². The Morgan fingerprint density at radius 3 is 2.69 bits per heavy atom. The van der Waals surface area contributed by atoms with E-state index in [0.717, 1.165) is 11.0 Å². The summed E-state index contributed by atoms with van der Waals surface area (Å²) in [7, 11) is 3.08. The number of imidazole rings is 1. The molecule has 0 unspecified atom stereocenters. The van der Waals surface area contributed by atoms with Gasteiger partial charge < -0.3 is 19.4 Å². The maximum atomic E-state index is 12.5. The lowest BCUT2D eigenvalue weighted by Gasteiger charge is -2.10.